The topological polar surface area (TPSA) is 101 Å². The van der Waals surface area contributed by atoms with Crippen molar-refractivity contribution in [2.45, 2.75) is 38.2 Å². The van der Waals surface area contributed by atoms with Crippen LogP contribution in [0.1, 0.15) is 53.2 Å². The Bertz CT molecular complexity index is 1030. The smallest absolute Gasteiger partial charge is 0.125 e. The van der Waals surface area contributed by atoms with Gasteiger partial charge in [0.15, 0.2) is 0 Å². The quantitative estimate of drug-likeness (QED) is 0.518. The fourth-order valence-corrected chi connectivity index (χ4v) is 4.04. The minimum absolute atomic E-state index is 0.0447. The summed E-state index contributed by atoms with van der Waals surface area (Å²) in [7, 11) is 0. The molecule has 2 aliphatic carbocycles. The summed E-state index contributed by atoms with van der Waals surface area (Å²) in [4.78, 5) is 0. The molecule has 0 saturated heterocycles. The Morgan fingerprint density at radius 3 is 2.28 bits per heavy atom. The average molecular weight is 392 g/mol. The van der Waals surface area contributed by atoms with Crippen molar-refractivity contribution in [3.05, 3.63) is 87.4 Å². The van der Waals surface area contributed by atoms with E-state index in [0.29, 0.717) is 41.7 Å². The summed E-state index contributed by atoms with van der Waals surface area (Å²) in [6.07, 6.45) is 6.71. The Kier molecular flexibility index (Phi) is 5.07. The van der Waals surface area contributed by atoms with Crippen LogP contribution in [0.3, 0.4) is 0 Å². The Hall–Kier alpha value is -3.18. The summed E-state index contributed by atoms with van der Waals surface area (Å²) in [6, 6.07) is 8.72. The van der Waals surface area contributed by atoms with Gasteiger partial charge < -0.3 is 25.5 Å². The molecule has 0 aliphatic heterocycles. The maximum Gasteiger partial charge on any atom is 0.125 e. The first-order valence-corrected chi connectivity index (χ1v) is 9.71. The van der Waals surface area contributed by atoms with Gasteiger partial charge in [-0.05, 0) is 59.4 Å². The van der Waals surface area contributed by atoms with Gasteiger partial charge in [0.2, 0.25) is 0 Å². The van der Waals surface area contributed by atoms with Crippen molar-refractivity contribution < 1.29 is 25.5 Å². The van der Waals surface area contributed by atoms with Gasteiger partial charge in [-0.1, -0.05) is 29.8 Å². The maximum atomic E-state index is 10.9. The van der Waals surface area contributed by atoms with Crippen LogP contribution < -0.4 is 0 Å². The number of allylic oxidation sites excluding steroid dienone is 4. The van der Waals surface area contributed by atoms with E-state index >= 15 is 0 Å². The van der Waals surface area contributed by atoms with Crippen LogP contribution in [0.4, 0.5) is 0 Å². The zero-order valence-corrected chi connectivity index (χ0v) is 16.0. The van der Waals surface area contributed by atoms with Crippen molar-refractivity contribution in [3.8, 4) is 11.5 Å². The Morgan fingerprint density at radius 2 is 1.59 bits per heavy atom. The summed E-state index contributed by atoms with van der Waals surface area (Å²) in [5.74, 6) is 0.679. The number of hydrogen-bond donors (Lipinski definition) is 5. The second-order valence-electron chi connectivity index (χ2n) is 7.73. The zero-order chi connectivity index (χ0) is 20.5. The van der Waals surface area contributed by atoms with E-state index in [0.717, 1.165) is 23.1 Å². The molecule has 0 heterocycles. The van der Waals surface area contributed by atoms with E-state index in [1.54, 1.807) is 36.4 Å². The molecule has 0 aromatic heterocycles. The molecule has 5 nitrogen and oxygen atoms in total. The second-order valence-corrected chi connectivity index (χ2v) is 7.73. The summed E-state index contributed by atoms with van der Waals surface area (Å²) >= 11 is 0. The molecule has 29 heavy (non-hydrogen) atoms. The van der Waals surface area contributed by atoms with Gasteiger partial charge in [-0.25, -0.2) is 0 Å². The first-order valence-electron chi connectivity index (χ1n) is 9.71. The summed E-state index contributed by atoms with van der Waals surface area (Å²) < 4.78 is 0. The molecule has 1 atom stereocenters. The van der Waals surface area contributed by atoms with Gasteiger partial charge in [0, 0.05) is 24.8 Å². The molecule has 0 saturated carbocycles. The molecule has 5 N–H and O–H groups in total. The van der Waals surface area contributed by atoms with Crippen molar-refractivity contribution in [1.82, 2.24) is 0 Å². The van der Waals surface area contributed by atoms with Crippen LogP contribution in [0.15, 0.2) is 59.6 Å². The predicted octanol–water partition coefficient (Wildman–Crippen LogP) is 4.73. The van der Waals surface area contributed by atoms with E-state index in [9.17, 15) is 25.5 Å². The number of benzene rings is 2. The fraction of sp³-hybridized carbons (Fsp3) is 0.250. The van der Waals surface area contributed by atoms with E-state index in [2.05, 4.69) is 0 Å². The lowest BCUT2D eigenvalue weighted by Gasteiger charge is -2.25. The van der Waals surface area contributed by atoms with Crippen LogP contribution in [0.2, 0.25) is 0 Å². The van der Waals surface area contributed by atoms with Crippen LogP contribution in [-0.4, -0.2) is 25.5 Å². The zero-order valence-electron chi connectivity index (χ0n) is 16.0. The molecular weight excluding hydrogens is 368 g/mol. The molecule has 1 unspecified atom stereocenters. The van der Waals surface area contributed by atoms with Gasteiger partial charge in [0.05, 0.1) is 17.6 Å². The molecule has 0 bridgehead atoms. The molecule has 4 rings (SSSR count). The normalized spacial score (nSPS) is 18.5. The van der Waals surface area contributed by atoms with E-state index in [1.807, 2.05) is 12.1 Å². The number of aromatic hydroxyl groups is 2. The van der Waals surface area contributed by atoms with Gasteiger partial charge in [0.25, 0.3) is 0 Å². The molecule has 2 aromatic carbocycles. The number of aliphatic hydroxyl groups excluding tert-OH is 3. The lowest BCUT2D eigenvalue weighted by atomic mass is 9.83. The number of rotatable bonds is 4. The van der Waals surface area contributed by atoms with Gasteiger partial charge >= 0.3 is 0 Å². The number of phenolic OH excluding ortho intramolecular Hbond substituents is 2. The van der Waals surface area contributed by atoms with Crippen LogP contribution in [0.5, 0.6) is 11.5 Å². The van der Waals surface area contributed by atoms with E-state index < -0.39 is 6.10 Å². The minimum Gasteiger partial charge on any atom is -0.512 e. The number of fused-ring (bicyclic) bond motifs is 1. The van der Waals surface area contributed by atoms with Gasteiger partial charge in [0.1, 0.15) is 11.5 Å². The minimum atomic E-state index is -0.974. The number of aliphatic hydroxyl groups is 3. The molecule has 0 amide bonds. The predicted molar refractivity (Wildman–Crippen MR) is 111 cm³/mol. The highest BCUT2D eigenvalue weighted by molar-refractivity contribution is 5.68. The van der Waals surface area contributed by atoms with Crippen molar-refractivity contribution >= 4 is 6.08 Å². The SMILES string of the molecule is OC1=CC=C(Cc2cc(Cc3ccc(O)cc3)c(O)c3c2C=C(O)CC3O)CC1. The van der Waals surface area contributed by atoms with Crippen LogP contribution in [0, 0.1) is 0 Å². The third kappa shape index (κ3) is 4.00. The van der Waals surface area contributed by atoms with Gasteiger partial charge in [-0.2, -0.15) is 0 Å². The van der Waals surface area contributed by atoms with Crippen LogP contribution >= 0.6 is 0 Å². The third-order valence-corrected chi connectivity index (χ3v) is 5.55. The Morgan fingerprint density at radius 1 is 0.828 bits per heavy atom. The highest BCUT2D eigenvalue weighted by Crippen LogP contribution is 2.42. The second kappa shape index (κ2) is 7.68. The van der Waals surface area contributed by atoms with Gasteiger partial charge in [-0.15, -0.1) is 0 Å². The largest absolute Gasteiger partial charge is 0.512 e. The lowest BCUT2D eigenvalue weighted by molar-refractivity contribution is 0.155. The van der Waals surface area contributed by atoms with Crippen molar-refractivity contribution in [1.29, 1.82) is 0 Å². The maximum absolute atomic E-state index is 10.9. The first-order chi connectivity index (χ1) is 13.9. The molecular formula is C24H24O5. The molecule has 5 heteroatoms. The monoisotopic (exact) mass is 392 g/mol. The highest BCUT2D eigenvalue weighted by atomic mass is 16.3. The van der Waals surface area contributed by atoms with E-state index in [4.69, 9.17) is 0 Å². The number of phenols is 2. The molecule has 0 spiro atoms. The van der Waals surface area contributed by atoms with Crippen LogP contribution in [0.25, 0.3) is 6.08 Å². The average Bonchev–Trinajstić information content (AvgIpc) is 2.68. The van der Waals surface area contributed by atoms with E-state index in [-0.39, 0.29) is 23.7 Å². The Labute approximate surface area is 169 Å². The summed E-state index contributed by atoms with van der Waals surface area (Å²) in [5, 5.41) is 50.6. The fourth-order valence-electron chi connectivity index (χ4n) is 4.04. The number of hydrogen-bond acceptors (Lipinski definition) is 5. The van der Waals surface area contributed by atoms with Crippen molar-refractivity contribution in [2.24, 2.45) is 0 Å². The summed E-state index contributed by atoms with van der Waals surface area (Å²) in [6.45, 7) is 0. The molecule has 0 radical (unpaired) electrons. The lowest BCUT2D eigenvalue weighted by Crippen LogP contribution is -2.12. The van der Waals surface area contributed by atoms with E-state index in [1.165, 1.54) is 0 Å². The first kappa shape index (κ1) is 19.2. The third-order valence-electron chi connectivity index (χ3n) is 5.55. The van der Waals surface area contributed by atoms with Crippen LogP contribution in [-0.2, 0) is 12.8 Å². The molecule has 150 valence electrons. The Balaban J connectivity index is 1.78. The van der Waals surface area contributed by atoms with Gasteiger partial charge in [-0.3, -0.25) is 0 Å². The highest BCUT2D eigenvalue weighted by Gasteiger charge is 2.27. The standard InChI is InChI=1S/C24H24O5/c25-18-5-1-14(2-6-18)9-16-11-17(10-15-3-7-19(26)8-4-15)24(29)23-21(16)12-20(27)13-22(23)28/h1,3-5,7-8,11-12,22,25-29H,2,6,9-10,13H2. The van der Waals surface area contributed by atoms with Crippen molar-refractivity contribution in [2.75, 3.05) is 0 Å². The summed E-state index contributed by atoms with van der Waals surface area (Å²) in [5.41, 5.74) is 4.78. The van der Waals surface area contributed by atoms with Crippen molar-refractivity contribution in [3.63, 3.8) is 0 Å². The molecule has 2 aromatic rings. The molecule has 2 aliphatic rings. The molecule has 0 fully saturated rings.